The van der Waals surface area contributed by atoms with E-state index >= 15 is 0 Å². The number of methoxy groups -OCH3 is 1. The molecule has 32 heavy (non-hydrogen) atoms. The van der Waals surface area contributed by atoms with Gasteiger partial charge in [-0.15, -0.1) is 5.10 Å². The van der Waals surface area contributed by atoms with Crippen LogP contribution in [0.5, 0.6) is 0 Å². The molecule has 1 aromatic heterocycles. The number of amides is 1. The summed E-state index contributed by atoms with van der Waals surface area (Å²) in [6, 6.07) is 8.69. The van der Waals surface area contributed by atoms with E-state index in [-0.39, 0.29) is 29.5 Å². The summed E-state index contributed by atoms with van der Waals surface area (Å²) in [5.41, 5.74) is 1.62. The quantitative estimate of drug-likeness (QED) is 0.492. The first-order chi connectivity index (χ1) is 15.2. The van der Waals surface area contributed by atoms with Gasteiger partial charge >= 0.3 is 23.0 Å². The average Bonchev–Trinajstić information content (AvgIpc) is 3.57. The fourth-order valence-electron chi connectivity index (χ4n) is 2.95. The molecule has 1 N–H and O–H groups in total. The molecule has 1 atom stereocenters. The molecule has 1 aromatic carbocycles. The first-order valence-corrected chi connectivity index (χ1v) is 9.85. The maximum absolute atomic E-state index is 12.3. The minimum atomic E-state index is -0.757. The van der Waals surface area contributed by atoms with Crippen molar-refractivity contribution in [3.05, 3.63) is 111 Å². The maximum Gasteiger partial charge on any atom is 2.00 e. The van der Waals surface area contributed by atoms with E-state index in [1.807, 2.05) is 88.1 Å². The van der Waals surface area contributed by atoms with E-state index in [1.165, 1.54) is 11.8 Å². The number of benzene rings is 1. The molecule has 0 aliphatic heterocycles. The Morgan fingerprint density at radius 3 is 2.22 bits per heavy atom. The van der Waals surface area contributed by atoms with Crippen molar-refractivity contribution in [2.24, 2.45) is 0 Å². The summed E-state index contributed by atoms with van der Waals surface area (Å²) in [4.78, 5) is 24.3. The zero-order valence-corrected chi connectivity index (χ0v) is 18.7. The molecule has 10 radical (unpaired) electrons. The van der Waals surface area contributed by atoms with Gasteiger partial charge in [0.25, 0.3) is 0 Å². The standard InChI is InChI=1S/C19H19N4O3.C5H5.Fe/c1-26-19(25)16(11-14-7-3-2-4-8-14)20-18(24)13-23-12-17(21-22-23)15-9-5-6-10-15;1-2-4-5-3-1;/h2-10,12,16H,11,13H2,1H3,(H,20,24);1-5H;/q;;+2/t16-;;/m0../s1. The molecule has 2 aliphatic rings. The van der Waals surface area contributed by atoms with Gasteiger partial charge in [0.15, 0.2) is 0 Å². The predicted octanol–water partition coefficient (Wildman–Crippen LogP) is 1.95. The zero-order valence-electron chi connectivity index (χ0n) is 17.6. The molecular formula is C24H24FeN4O3+2. The molecule has 1 amide bonds. The summed E-state index contributed by atoms with van der Waals surface area (Å²) >= 11 is 0. The number of ether oxygens (including phenoxy) is 1. The predicted molar refractivity (Wildman–Crippen MR) is 115 cm³/mol. The van der Waals surface area contributed by atoms with Crippen LogP contribution in [0.4, 0.5) is 0 Å². The van der Waals surface area contributed by atoms with E-state index in [2.05, 4.69) is 15.6 Å². The zero-order chi connectivity index (χ0) is 21.9. The summed E-state index contributed by atoms with van der Waals surface area (Å²) in [7, 11) is 1.30. The monoisotopic (exact) mass is 472 g/mol. The van der Waals surface area contributed by atoms with Crippen LogP contribution >= 0.6 is 0 Å². The number of carbonyl (C=O) groups excluding carboxylic acids is 2. The van der Waals surface area contributed by atoms with Gasteiger partial charge in [-0.05, 0) is 63.4 Å². The summed E-state index contributed by atoms with van der Waals surface area (Å²) in [6.45, 7) is -0.0318. The Bertz CT molecular complexity index is 810. The van der Waals surface area contributed by atoms with Crippen molar-refractivity contribution in [3.8, 4) is 0 Å². The molecular weight excluding hydrogens is 448 g/mol. The van der Waals surface area contributed by atoms with Crippen molar-refractivity contribution in [1.82, 2.24) is 20.3 Å². The fraction of sp³-hybridized carbons (Fsp3) is 0.167. The van der Waals surface area contributed by atoms with Gasteiger partial charge in [-0.25, -0.2) is 9.48 Å². The number of hydrogen-bond acceptors (Lipinski definition) is 5. The minimum absolute atomic E-state index is 0. The van der Waals surface area contributed by atoms with E-state index < -0.39 is 12.0 Å². The van der Waals surface area contributed by atoms with Gasteiger partial charge in [0.2, 0.25) is 5.91 Å². The second-order valence-electron chi connectivity index (χ2n) is 6.77. The van der Waals surface area contributed by atoms with Crippen LogP contribution in [0, 0.1) is 63.7 Å². The number of nitrogens with zero attached hydrogens (tertiary/aromatic N) is 3. The van der Waals surface area contributed by atoms with Gasteiger partial charge in [-0.3, -0.25) is 4.79 Å². The molecule has 0 bridgehead atoms. The van der Waals surface area contributed by atoms with Gasteiger partial charge in [0.05, 0.1) is 12.8 Å². The van der Waals surface area contributed by atoms with E-state index in [0.29, 0.717) is 12.1 Å². The maximum atomic E-state index is 12.3. The van der Waals surface area contributed by atoms with Crippen molar-refractivity contribution in [1.29, 1.82) is 0 Å². The second kappa shape index (κ2) is 14.1. The number of hydrogen-bond donors (Lipinski definition) is 1. The van der Waals surface area contributed by atoms with E-state index in [1.54, 1.807) is 6.20 Å². The third-order valence-corrected chi connectivity index (χ3v) is 4.46. The van der Waals surface area contributed by atoms with Crippen LogP contribution in [0.25, 0.3) is 0 Å². The van der Waals surface area contributed by atoms with E-state index in [9.17, 15) is 9.59 Å². The molecule has 2 aromatic rings. The fourth-order valence-corrected chi connectivity index (χ4v) is 2.95. The van der Waals surface area contributed by atoms with Crippen LogP contribution in [-0.2, 0) is 44.4 Å². The van der Waals surface area contributed by atoms with Gasteiger partial charge in [-0.2, -0.15) is 0 Å². The van der Waals surface area contributed by atoms with Crippen molar-refractivity contribution < 1.29 is 31.4 Å². The number of aromatic nitrogens is 3. The molecule has 2 aliphatic carbocycles. The largest absolute Gasteiger partial charge is 2.00 e. The van der Waals surface area contributed by atoms with E-state index in [0.717, 1.165) is 11.5 Å². The molecule has 7 nitrogen and oxygen atoms in total. The topological polar surface area (TPSA) is 86.1 Å². The Labute approximate surface area is 201 Å². The summed E-state index contributed by atoms with van der Waals surface area (Å²) in [6.07, 6.45) is 19.7. The molecule has 164 valence electrons. The van der Waals surface area contributed by atoms with Gasteiger partial charge in [0.1, 0.15) is 12.6 Å². The molecule has 2 fully saturated rings. The average molecular weight is 472 g/mol. The Morgan fingerprint density at radius 2 is 1.62 bits per heavy atom. The first kappa shape index (κ1) is 26.1. The molecule has 0 spiro atoms. The number of esters is 1. The van der Waals surface area contributed by atoms with Crippen LogP contribution in [-0.4, -0.2) is 40.0 Å². The Balaban J connectivity index is 0.000000534. The van der Waals surface area contributed by atoms with E-state index in [4.69, 9.17) is 4.74 Å². The second-order valence-corrected chi connectivity index (χ2v) is 6.77. The van der Waals surface area contributed by atoms with Crippen molar-refractivity contribution >= 4 is 11.9 Å². The van der Waals surface area contributed by atoms with Crippen LogP contribution in [0.15, 0.2) is 36.5 Å². The number of carbonyl (C=O) groups is 2. The summed E-state index contributed by atoms with van der Waals surface area (Å²) < 4.78 is 6.24. The third-order valence-electron chi connectivity index (χ3n) is 4.46. The summed E-state index contributed by atoms with van der Waals surface area (Å²) in [5, 5.41) is 10.7. The SMILES string of the molecule is COC(=O)[C@H](Cc1ccccc1)NC(=O)Cn1cc([C]2[CH][CH][CH][CH]2)nn1.[CH]1[CH][CH][CH][CH]1.[Fe+2]. The Morgan fingerprint density at radius 1 is 1.00 bits per heavy atom. The van der Waals surface area contributed by atoms with Crippen molar-refractivity contribution in [2.75, 3.05) is 7.11 Å². The molecule has 1 heterocycles. The Hall–Kier alpha value is -2.18. The minimum Gasteiger partial charge on any atom is -0.467 e. The van der Waals surface area contributed by atoms with Gasteiger partial charge < -0.3 is 10.1 Å². The molecule has 2 saturated carbocycles. The number of rotatable bonds is 7. The smallest absolute Gasteiger partial charge is 0.467 e. The Kier molecular flexibility index (Phi) is 11.5. The molecule has 0 unspecified atom stereocenters. The summed E-state index contributed by atoms with van der Waals surface area (Å²) in [5.74, 6) is 0.113. The van der Waals surface area contributed by atoms with Gasteiger partial charge in [0, 0.05) is 18.5 Å². The molecule has 8 heteroatoms. The molecule has 0 saturated heterocycles. The van der Waals surface area contributed by atoms with Crippen LogP contribution in [0.2, 0.25) is 0 Å². The first-order valence-electron chi connectivity index (χ1n) is 9.85. The van der Waals surface area contributed by atoms with Crippen LogP contribution in [0.1, 0.15) is 11.3 Å². The molecule has 4 rings (SSSR count). The third kappa shape index (κ3) is 8.40. The van der Waals surface area contributed by atoms with Crippen molar-refractivity contribution in [2.45, 2.75) is 19.0 Å². The van der Waals surface area contributed by atoms with Crippen LogP contribution < -0.4 is 5.32 Å². The van der Waals surface area contributed by atoms with Crippen molar-refractivity contribution in [3.63, 3.8) is 0 Å². The van der Waals surface area contributed by atoms with Gasteiger partial charge in [-0.1, -0.05) is 35.5 Å². The van der Waals surface area contributed by atoms with Crippen LogP contribution in [0.3, 0.4) is 0 Å². The normalized spacial score (nSPS) is 16.4. The number of nitrogens with one attached hydrogen (secondary N) is 1.